The normalized spacial score (nSPS) is 12.6. The molecule has 0 amide bonds. The van der Waals surface area contributed by atoms with E-state index in [2.05, 4.69) is 123 Å². The van der Waals surface area contributed by atoms with Crippen molar-refractivity contribution in [2.24, 2.45) is 5.73 Å². The van der Waals surface area contributed by atoms with Crippen LogP contribution in [0.25, 0.3) is 16.7 Å². The van der Waals surface area contributed by atoms with Gasteiger partial charge in [0.15, 0.2) is 5.71 Å². The Labute approximate surface area is 215 Å². The van der Waals surface area contributed by atoms with Crippen LogP contribution in [0, 0.1) is 0 Å². The fraction of sp³-hybridized carbons (Fsp3) is 0.219. The molecule has 0 fully saturated rings. The zero-order valence-corrected chi connectivity index (χ0v) is 21.7. The van der Waals surface area contributed by atoms with Gasteiger partial charge in [-0.2, -0.15) is 0 Å². The number of nitrogens with zero attached hydrogens (tertiary/aromatic N) is 2. The number of anilines is 1. The molecule has 4 rings (SSSR count). The highest BCUT2D eigenvalue weighted by Gasteiger charge is 2.14. The van der Waals surface area contributed by atoms with E-state index in [1.807, 2.05) is 12.1 Å². The second kappa shape index (κ2) is 11.7. The maximum atomic E-state index is 5.74. The molecular formula is C32H36N3O+. The molecule has 4 heteroatoms. The van der Waals surface area contributed by atoms with E-state index in [9.17, 15) is 0 Å². The Balaban J connectivity index is 1.67. The van der Waals surface area contributed by atoms with E-state index in [4.69, 9.17) is 10.5 Å². The van der Waals surface area contributed by atoms with E-state index in [0.717, 1.165) is 12.2 Å². The first-order chi connectivity index (χ1) is 17.5. The van der Waals surface area contributed by atoms with Gasteiger partial charge in [0.1, 0.15) is 19.8 Å². The number of nitrogens with two attached hydrogens (primary N) is 1. The maximum absolute atomic E-state index is 5.74. The molecule has 1 aliphatic rings. The van der Waals surface area contributed by atoms with E-state index >= 15 is 0 Å². The summed E-state index contributed by atoms with van der Waals surface area (Å²) < 4.78 is 7.87. The average molecular weight is 479 g/mol. The van der Waals surface area contributed by atoms with Crippen molar-refractivity contribution < 1.29 is 9.31 Å². The van der Waals surface area contributed by atoms with Crippen molar-refractivity contribution >= 4 is 17.0 Å². The van der Waals surface area contributed by atoms with Gasteiger partial charge in [-0.15, -0.1) is 0 Å². The molecule has 184 valence electrons. The van der Waals surface area contributed by atoms with Crippen LogP contribution in [0.2, 0.25) is 0 Å². The molecule has 1 aliphatic carbocycles. The molecule has 0 unspecified atom stereocenters. The van der Waals surface area contributed by atoms with Crippen LogP contribution in [-0.4, -0.2) is 51.6 Å². The van der Waals surface area contributed by atoms with E-state index in [1.165, 1.54) is 44.8 Å². The van der Waals surface area contributed by atoms with Crippen LogP contribution in [0.5, 0.6) is 5.75 Å². The van der Waals surface area contributed by atoms with Crippen molar-refractivity contribution in [2.45, 2.75) is 6.42 Å². The van der Waals surface area contributed by atoms with Gasteiger partial charge in [-0.25, -0.2) is 4.58 Å². The molecule has 2 N–H and O–H groups in total. The van der Waals surface area contributed by atoms with Crippen molar-refractivity contribution in [3.05, 3.63) is 114 Å². The van der Waals surface area contributed by atoms with Crippen molar-refractivity contribution in [1.82, 2.24) is 0 Å². The molecule has 0 atom stereocenters. The molecule has 0 spiro atoms. The van der Waals surface area contributed by atoms with Gasteiger partial charge in [0.2, 0.25) is 0 Å². The van der Waals surface area contributed by atoms with Crippen LogP contribution < -0.4 is 15.4 Å². The Hall–Kier alpha value is -3.89. The lowest BCUT2D eigenvalue weighted by molar-refractivity contribution is -0.462. The fourth-order valence-electron chi connectivity index (χ4n) is 4.20. The van der Waals surface area contributed by atoms with Gasteiger partial charge < -0.3 is 15.4 Å². The number of hydrogen-bond donors (Lipinski definition) is 1. The SMILES string of the molecule is CN(C)c1ccc(C(=C2C=CC(=[N+](C)C)C=C2)c2ccc(-c3ccc(OCCCN)cc3)cc2)cc1. The summed E-state index contributed by atoms with van der Waals surface area (Å²) in [4.78, 5) is 2.12. The molecular weight excluding hydrogens is 442 g/mol. The molecule has 0 saturated carbocycles. The highest BCUT2D eigenvalue weighted by atomic mass is 16.5. The van der Waals surface area contributed by atoms with E-state index in [1.54, 1.807) is 0 Å². The minimum atomic E-state index is 0.642. The van der Waals surface area contributed by atoms with E-state index < -0.39 is 0 Å². The van der Waals surface area contributed by atoms with Crippen LogP contribution in [-0.2, 0) is 0 Å². The summed E-state index contributed by atoms with van der Waals surface area (Å²) in [5.74, 6) is 0.877. The first-order valence-electron chi connectivity index (χ1n) is 12.4. The molecule has 3 aromatic rings. The van der Waals surface area contributed by atoms with Gasteiger partial charge in [-0.1, -0.05) is 48.5 Å². The van der Waals surface area contributed by atoms with Gasteiger partial charge in [0.25, 0.3) is 0 Å². The highest BCUT2D eigenvalue weighted by Crippen LogP contribution is 2.32. The lowest BCUT2D eigenvalue weighted by Crippen LogP contribution is -2.10. The van der Waals surface area contributed by atoms with Crippen LogP contribution >= 0.6 is 0 Å². The first-order valence-corrected chi connectivity index (χ1v) is 12.4. The Kier molecular flexibility index (Phi) is 8.19. The molecule has 0 aromatic heterocycles. The predicted molar refractivity (Wildman–Crippen MR) is 153 cm³/mol. The minimum absolute atomic E-state index is 0.642. The van der Waals surface area contributed by atoms with Crippen LogP contribution in [0.15, 0.2) is 103 Å². The largest absolute Gasteiger partial charge is 0.494 e. The minimum Gasteiger partial charge on any atom is -0.494 e. The summed E-state index contributed by atoms with van der Waals surface area (Å²) in [6.45, 7) is 1.29. The zero-order chi connectivity index (χ0) is 25.5. The average Bonchev–Trinajstić information content (AvgIpc) is 2.90. The Morgan fingerprint density at radius 3 is 1.78 bits per heavy atom. The summed E-state index contributed by atoms with van der Waals surface area (Å²) in [6.07, 6.45) is 9.63. The molecule has 0 aliphatic heterocycles. The topological polar surface area (TPSA) is 41.5 Å². The third-order valence-corrected chi connectivity index (χ3v) is 6.32. The third kappa shape index (κ3) is 6.02. The van der Waals surface area contributed by atoms with Crippen LogP contribution in [0.3, 0.4) is 0 Å². The van der Waals surface area contributed by atoms with Gasteiger partial charge in [-0.05, 0) is 82.8 Å². The second-order valence-corrected chi connectivity index (χ2v) is 9.35. The quantitative estimate of drug-likeness (QED) is 0.329. The number of ether oxygens (including phenoxy) is 1. The maximum Gasteiger partial charge on any atom is 0.199 e. The van der Waals surface area contributed by atoms with Crippen molar-refractivity contribution in [3.63, 3.8) is 0 Å². The van der Waals surface area contributed by atoms with Gasteiger partial charge in [-0.3, -0.25) is 0 Å². The number of benzene rings is 3. The lowest BCUT2D eigenvalue weighted by Gasteiger charge is -2.17. The molecule has 0 bridgehead atoms. The first kappa shape index (κ1) is 25.2. The Bertz CT molecular complexity index is 1270. The summed E-state index contributed by atoms with van der Waals surface area (Å²) in [6, 6.07) is 25.9. The lowest BCUT2D eigenvalue weighted by atomic mass is 9.89. The second-order valence-electron chi connectivity index (χ2n) is 9.35. The van der Waals surface area contributed by atoms with Crippen molar-refractivity contribution in [2.75, 3.05) is 46.2 Å². The van der Waals surface area contributed by atoms with Crippen molar-refractivity contribution in [1.29, 1.82) is 0 Å². The van der Waals surface area contributed by atoms with E-state index in [0.29, 0.717) is 13.2 Å². The molecule has 0 radical (unpaired) electrons. The molecule has 0 saturated heterocycles. The van der Waals surface area contributed by atoms with Gasteiger partial charge in [0, 0.05) is 31.9 Å². The highest BCUT2D eigenvalue weighted by molar-refractivity contribution is 6.04. The van der Waals surface area contributed by atoms with Crippen LogP contribution in [0.1, 0.15) is 17.5 Å². The Morgan fingerprint density at radius 1 is 0.750 bits per heavy atom. The molecule has 36 heavy (non-hydrogen) atoms. The monoisotopic (exact) mass is 478 g/mol. The van der Waals surface area contributed by atoms with Gasteiger partial charge >= 0.3 is 0 Å². The zero-order valence-electron chi connectivity index (χ0n) is 21.7. The van der Waals surface area contributed by atoms with E-state index in [-0.39, 0.29) is 0 Å². The molecule has 3 aromatic carbocycles. The molecule has 4 nitrogen and oxygen atoms in total. The number of allylic oxidation sites excluding steroid dienone is 5. The summed E-state index contributed by atoms with van der Waals surface area (Å²) >= 11 is 0. The smallest absolute Gasteiger partial charge is 0.199 e. The van der Waals surface area contributed by atoms with Gasteiger partial charge in [0.05, 0.1) is 6.61 Å². The predicted octanol–water partition coefficient (Wildman–Crippen LogP) is 5.79. The van der Waals surface area contributed by atoms with Crippen molar-refractivity contribution in [3.8, 4) is 16.9 Å². The number of rotatable bonds is 8. The fourth-order valence-corrected chi connectivity index (χ4v) is 4.20. The summed E-state index contributed by atoms with van der Waals surface area (Å²) in [7, 11) is 8.27. The summed E-state index contributed by atoms with van der Waals surface area (Å²) in [5.41, 5.74) is 15.1. The third-order valence-electron chi connectivity index (χ3n) is 6.32. The summed E-state index contributed by atoms with van der Waals surface area (Å²) in [5, 5.41) is 0. The Morgan fingerprint density at radius 2 is 1.28 bits per heavy atom. The standard InChI is InChI=1S/C32H36N3O/c1-34(2)29-16-10-27(11-17-29)32(28-12-18-30(19-13-28)35(3)4)26-8-6-24(7-9-26)25-14-20-31(21-15-25)36-23-5-22-33/h6-21H,5,22-23,33H2,1-4H3/q+1. The molecule has 0 heterocycles. The number of hydrogen-bond acceptors (Lipinski definition) is 3. The van der Waals surface area contributed by atoms with Crippen LogP contribution in [0.4, 0.5) is 5.69 Å².